The Morgan fingerprint density at radius 2 is 2.44 bits per heavy atom. The van der Waals surface area contributed by atoms with E-state index in [2.05, 4.69) is 11.8 Å². The molecule has 2 saturated heterocycles. The van der Waals surface area contributed by atoms with Crippen molar-refractivity contribution in [3.8, 4) is 0 Å². The number of ether oxygens (including phenoxy) is 1. The zero-order chi connectivity index (χ0) is 11.0. The first-order chi connectivity index (χ1) is 7.81. The van der Waals surface area contributed by atoms with Crippen LogP contribution in [-0.4, -0.2) is 30.2 Å². The molecule has 2 fully saturated rings. The molecule has 1 aromatic heterocycles. The van der Waals surface area contributed by atoms with Crippen LogP contribution in [0.25, 0.3) is 0 Å². The summed E-state index contributed by atoms with van der Waals surface area (Å²) in [5, 5.41) is 0. The van der Waals surface area contributed by atoms with Gasteiger partial charge in [0.25, 0.3) is 0 Å². The van der Waals surface area contributed by atoms with E-state index in [1.807, 2.05) is 12.3 Å². The number of fused-ring (bicyclic) bond motifs is 1. The lowest BCUT2D eigenvalue weighted by Crippen LogP contribution is -2.41. The maximum Gasteiger partial charge on any atom is 0.0947 e. The van der Waals surface area contributed by atoms with Crippen molar-refractivity contribution in [2.75, 3.05) is 13.1 Å². The van der Waals surface area contributed by atoms with Crippen molar-refractivity contribution in [3.05, 3.63) is 24.2 Å². The molecular weight excluding hydrogens is 202 g/mol. The van der Waals surface area contributed by atoms with Crippen molar-refractivity contribution in [3.63, 3.8) is 0 Å². The van der Waals surface area contributed by atoms with Crippen LogP contribution in [0.2, 0.25) is 0 Å². The second-order valence-electron chi connectivity index (χ2n) is 5.14. The highest BCUT2D eigenvalue weighted by atomic mass is 16.5. The second-order valence-corrected chi connectivity index (χ2v) is 5.14. The highest BCUT2D eigenvalue weighted by Gasteiger charge is 2.37. The maximum absolute atomic E-state index is 5.95. The molecule has 88 valence electrons. The van der Waals surface area contributed by atoms with E-state index in [1.165, 1.54) is 24.9 Å². The largest absolute Gasteiger partial charge is 0.472 e. The second kappa shape index (κ2) is 4.22. The van der Waals surface area contributed by atoms with Gasteiger partial charge in [-0.25, -0.2) is 0 Å². The molecule has 0 radical (unpaired) electrons. The highest BCUT2D eigenvalue weighted by molar-refractivity contribution is 5.05. The van der Waals surface area contributed by atoms with Crippen molar-refractivity contribution in [2.24, 2.45) is 5.92 Å². The van der Waals surface area contributed by atoms with E-state index in [1.54, 1.807) is 6.26 Å². The monoisotopic (exact) mass is 221 g/mol. The Morgan fingerprint density at radius 1 is 1.50 bits per heavy atom. The van der Waals surface area contributed by atoms with E-state index in [4.69, 9.17) is 9.15 Å². The SMILES string of the molecule is C[C@@H]1C[C@H]2CCN(Cc3ccoc3)C[C@@H]2O1. The minimum atomic E-state index is 0.462. The van der Waals surface area contributed by atoms with Crippen LogP contribution in [0, 0.1) is 5.92 Å². The first-order valence-electron chi connectivity index (χ1n) is 6.20. The van der Waals surface area contributed by atoms with Gasteiger partial charge in [0.05, 0.1) is 24.7 Å². The van der Waals surface area contributed by atoms with Crippen LogP contribution in [0.1, 0.15) is 25.3 Å². The summed E-state index contributed by atoms with van der Waals surface area (Å²) in [4.78, 5) is 2.48. The summed E-state index contributed by atoms with van der Waals surface area (Å²) in [6.07, 6.45) is 7.05. The summed E-state index contributed by atoms with van der Waals surface area (Å²) in [6.45, 7) is 5.47. The summed E-state index contributed by atoms with van der Waals surface area (Å²) in [5.74, 6) is 0.801. The number of piperidine rings is 1. The number of hydrogen-bond donors (Lipinski definition) is 0. The van der Waals surface area contributed by atoms with Gasteiger partial charge in [-0.2, -0.15) is 0 Å². The summed E-state index contributed by atoms with van der Waals surface area (Å²) in [7, 11) is 0. The van der Waals surface area contributed by atoms with Crippen LogP contribution >= 0.6 is 0 Å². The van der Waals surface area contributed by atoms with Crippen molar-refractivity contribution in [1.29, 1.82) is 0 Å². The Hall–Kier alpha value is -0.800. The van der Waals surface area contributed by atoms with Crippen molar-refractivity contribution < 1.29 is 9.15 Å². The third-order valence-electron chi connectivity index (χ3n) is 3.81. The number of likely N-dealkylation sites (tertiary alicyclic amines) is 1. The van der Waals surface area contributed by atoms with Crippen LogP contribution in [0.5, 0.6) is 0 Å². The Morgan fingerprint density at radius 3 is 3.25 bits per heavy atom. The summed E-state index contributed by atoms with van der Waals surface area (Å²) >= 11 is 0. The van der Waals surface area contributed by atoms with E-state index >= 15 is 0 Å². The number of nitrogens with zero attached hydrogens (tertiary/aromatic N) is 1. The molecule has 3 heterocycles. The Balaban J connectivity index is 1.59. The number of rotatable bonds is 2. The minimum Gasteiger partial charge on any atom is -0.472 e. The molecule has 0 amide bonds. The van der Waals surface area contributed by atoms with Gasteiger partial charge in [0.1, 0.15) is 0 Å². The fraction of sp³-hybridized carbons (Fsp3) is 0.692. The summed E-state index contributed by atoms with van der Waals surface area (Å²) < 4.78 is 11.1. The smallest absolute Gasteiger partial charge is 0.0947 e. The molecular formula is C13H19NO2. The minimum absolute atomic E-state index is 0.462. The highest BCUT2D eigenvalue weighted by Crippen LogP contribution is 2.33. The molecule has 0 unspecified atom stereocenters. The zero-order valence-corrected chi connectivity index (χ0v) is 9.76. The fourth-order valence-electron chi connectivity index (χ4n) is 3.02. The third-order valence-corrected chi connectivity index (χ3v) is 3.81. The summed E-state index contributed by atoms with van der Waals surface area (Å²) in [5.41, 5.74) is 1.27. The zero-order valence-electron chi connectivity index (χ0n) is 9.76. The van der Waals surface area contributed by atoms with E-state index in [0.717, 1.165) is 19.0 Å². The fourth-order valence-corrected chi connectivity index (χ4v) is 3.02. The Labute approximate surface area is 96.4 Å². The predicted octanol–water partition coefficient (Wildman–Crippen LogP) is 2.28. The maximum atomic E-state index is 5.95. The van der Waals surface area contributed by atoms with Gasteiger partial charge in [-0.15, -0.1) is 0 Å². The topological polar surface area (TPSA) is 25.6 Å². The van der Waals surface area contributed by atoms with E-state index in [0.29, 0.717) is 12.2 Å². The average Bonchev–Trinajstić information content (AvgIpc) is 2.85. The predicted molar refractivity (Wildman–Crippen MR) is 61.0 cm³/mol. The van der Waals surface area contributed by atoms with Crippen LogP contribution in [0.15, 0.2) is 23.0 Å². The van der Waals surface area contributed by atoms with Crippen LogP contribution in [0.4, 0.5) is 0 Å². The molecule has 3 nitrogen and oxygen atoms in total. The van der Waals surface area contributed by atoms with Crippen molar-refractivity contribution in [1.82, 2.24) is 4.90 Å². The van der Waals surface area contributed by atoms with Crippen LogP contribution in [0.3, 0.4) is 0 Å². The molecule has 0 aromatic carbocycles. The van der Waals surface area contributed by atoms with Crippen molar-refractivity contribution >= 4 is 0 Å². The molecule has 0 bridgehead atoms. The van der Waals surface area contributed by atoms with Gasteiger partial charge in [0.2, 0.25) is 0 Å². The Kier molecular flexibility index (Phi) is 2.74. The number of hydrogen-bond acceptors (Lipinski definition) is 3. The quantitative estimate of drug-likeness (QED) is 0.766. The number of furan rings is 1. The summed E-state index contributed by atoms with van der Waals surface area (Å²) in [6, 6.07) is 2.05. The molecule has 3 heteroatoms. The molecule has 0 spiro atoms. The van der Waals surface area contributed by atoms with E-state index in [9.17, 15) is 0 Å². The molecule has 16 heavy (non-hydrogen) atoms. The normalized spacial score (nSPS) is 35.2. The molecule has 3 atom stereocenters. The van der Waals surface area contributed by atoms with Crippen LogP contribution < -0.4 is 0 Å². The van der Waals surface area contributed by atoms with Gasteiger partial charge in [0, 0.05) is 18.7 Å². The average molecular weight is 221 g/mol. The van der Waals surface area contributed by atoms with Gasteiger partial charge in [-0.05, 0) is 38.3 Å². The van der Waals surface area contributed by atoms with Crippen molar-refractivity contribution in [2.45, 2.75) is 38.5 Å². The molecule has 3 rings (SSSR count). The van der Waals surface area contributed by atoms with Gasteiger partial charge in [-0.3, -0.25) is 4.90 Å². The first-order valence-corrected chi connectivity index (χ1v) is 6.20. The van der Waals surface area contributed by atoms with Gasteiger partial charge in [-0.1, -0.05) is 0 Å². The lowest BCUT2D eigenvalue weighted by Gasteiger charge is -2.33. The molecule has 1 aromatic rings. The van der Waals surface area contributed by atoms with E-state index in [-0.39, 0.29) is 0 Å². The third kappa shape index (κ3) is 2.02. The van der Waals surface area contributed by atoms with E-state index < -0.39 is 0 Å². The molecule has 2 aliphatic rings. The lowest BCUT2D eigenvalue weighted by atomic mass is 9.92. The van der Waals surface area contributed by atoms with Gasteiger partial charge in [0.15, 0.2) is 0 Å². The molecule has 0 N–H and O–H groups in total. The van der Waals surface area contributed by atoms with Gasteiger partial charge < -0.3 is 9.15 Å². The Bertz CT molecular complexity index is 336. The first kappa shape index (κ1) is 10.4. The molecule has 0 saturated carbocycles. The lowest BCUT2D eigenvalue weighted by molar-refractivity contribution is -0.00280. The standard InChI is InChI=1S/C13H19NO2/c1-10-6-12-2-4-14(8-13(12)16-10)7-11-3-5-15-9-11/h3,5,9-10,12-13H,2,4,6-8H2,1H3/t10-,12-,13+/m1/s1. The van der Waals surface area contributed by atoms with Crippen LogP contribution in [-0.2, 0) is 11.3 Å². The molecule has 0 aliphatic carbocycles. The molecule has 2 aliphatic heterocycles. The van der Waals surface area contributed by atoms with Gasteiger partial charge >= 0.3 is 0 Å².